The summed E-state index contributed by atoms with van der Waals surface area (Å²) in [6.07, 6.45) is 15.3. The number of ether oxygens (including phenoxy) is 2. The highest BCUT2D eigenvalue weighted by Gasteiger charge is 2.43. The highest BCUT2D eigenvalue weighted by molar-refractivity contribution is 6.98. The maximum Gasteiger partial charge on any atom is 0.260 e. The molecule has 0 N–H and O–H groups in total. The number of rotatable bonds is 3. The smallest absolute Gasteiger partial charge is 0.260 e. The Labute approximate surface area is 326 Å². The Morgan fingerprint density at radius 1 is 0.636 bits per heavy atom. The van der Waals surface area contributed by atoms with Gasteiger partial charge in [0.05, 0.1) is 0 Å². The average Bonchev–Trinajstić information content (AvgIpc) is 3.18. The van der Waals surface area contributed by atoms with Crippen molar-refractivity contribution in [3.63, 3.8) is 0 Å². The van der Waals surface area contributed by atoms with Gasteiger partial charge in [-0.15, -0.1) is 0 Å². The van der Waals surface area contributed by atoms with Crippen molar-refractivity contribution in [3.05, 3.63) is 185 Å². The summed E-state index contributed by atoms with van der Waals surface area (Å²) < 4.78 is 13.7. The van der Waals surface area contributed by atoms with Crippen LogP contribution in [0.25, 0.3) is 11.1 Å². The predicted octanol–water partition coefficient (Wildman–Crippen LogP) is 11.4. The van der Waals surface area contributed by atoms with E-state index in [1.165, 1.54) is 55.5 Å². The van der Waals surface area contributed by atoms with Gasteiger partial charge in [0.15, 0.2) is 0 Å². The summed E-state index contributed by atoms with van der Waals surface area (Å²) in [4.78, 5) is 0. The molecule has 0 saturated heterocycles. The van der Waals surface area contributed by atoms with Crippen LogP contribution in [0.4, 0.5) is 0 Å². The zero-order valence-corrected chi connectivity index (χ0v) is 32.7. The van der Waals surface area contributed by atoms with Crippen LogP contribution in [0.2, 0.25) is 0 Å². The van der Waals surface area contributed by atoms with Crippen molar-refractivity contribution in [3.8, 4) is 23.0 Å². The molecular formula is C52H47BO2. The second kappa shape index (κ2) is 12.5. The van der Waals surface area contributed by atoms with Crippen molar-refractivity contribution in [2.45, 2.75) is 59.3 Å². The summed E-state index contributed by atoms with van der Waals surface area (Å²) in [6.45, 7) is 14.0. The van der Waals surface area contributed by atoms with Crippen molar-refractivity contribution in [1.29, 1.82) is 0 Å². The molecule has 3 unspecified atom stereocenters. The van der Waals surface area contributed by atoms with Crippen LogP contribution in [-0.2, 0) is 5.41 Å². The summed E-state index contributed by atoms with van der Waals surface area (Å²) in [6, 6.07) is 40.0. The minimum absolute atomic E-state index is 0.00529. The maximum absolute atomic E-state index is 6.90. The van der Waals surface area contributed by atoms with Crippen molar-refractivity contribution in [2.75, 3.05) is 0 Å². The van der Waals surface area contributed by atoms with E-state index < -0.39 is 0 Å². The van der Waals surface area contributed by atoms with E-state index in [0.29, 0.717) is 0 Å². The third kappa shape index (κ3) is 5.62. The van der Waals surface area contributed by atoms with Crippen LogP contribution in [0.1, 0.15) is 81.7 Å². The number of hydrogen-bond acceptors (Lipinski definition) is 2. The summed E-state index contributed by atoms with van der Waals surface area (Å²) in [7, 11) is 0. The zero-order valence-electron chi connectivity index (χ0n) is 32.7. The van der Waals surface area contributed by atoms with Crippen LogP contribution < -0.4 is 25.9 Å². The Bertz CT molecular complexity index is 2530. The topological polar surface area (TPSA) is 18.5 Å². The number of fused-ring (bicyclic) bond motifs is 6. The second-order valence-corrected chi connectivity index (χ2v) is 18.1. The molecule has 10 rings (SSSR count). The van der Waals surface area contributed by atoms with Crippen LogP contribution in [0.5, 0.6) is 23.0 Å². The zero-order chi connectivity index (χ0) is 37.6. The molecule has 5 aromatic rings. The lowest BCUT2D eigenvalue weighted by Crippen LogP contribution is -2.57. The fourth-order valence-corrected chi connectivity index (χ4v) is 9.76. The van der Waals surface area contributed by atoms with E-state index in [9.17, 15) is 0 Å². The van der Waals surface area contributed by atoms with E-state index in [-0.39, 0.29) is 35.3 Å². The summed E-state index contributed by atoms with van der Waals surface area (Å²) in [5.74, 6) is 4.45. The largest absolute Gasteiger partial charge is 0.458 e. The van der Waals surface area contributed by atoms with Crippen molar-refractivity contribution < 1.29 is 9.47 Å². The number of para-hydroxylation sites is 1. The van der Waals surface area contributed by atoms with Gasteiger partial charge in [0.1, 0.15) is 23.0 Å². The molecule has 0 amide bonds. The summed E-state index contributed by atoms with van der Waals surface area (Å²) >= 11 is 0. The summed E-state index contributed by atoms with van der Waals surface area (Å²) in [5, 5.41) is 0. The highest BCUT2D eigenvalue weighted by atomic mass is 16.5. The molecule has 0 spiro atoms. The van der Waals surface area contributed by atoms with E-state index in [0.717, 1.165) is 40.4 Å². The first kappa shape index (κ1) is 34.0. The van der Waals surface area contributed by atoms with Crippen molar-refractivity contribution in [1.82, 2.24) is 0 Å². The minimum atomic E-state index is 0.00529. The van der Waals surface area contributed by atoms with E-state index in [2.05, 4.69) is 187 Å². The Morgan fingerprint density at radius 3 is 2.11 bits per heavy atom. The molecule has 270 valence electrons. The highest BCUT2D eigenvalue weighted by Crippen LogP contribution is 2.54. The lowest BCUT2D eigenvalue weighted by atomic mass is 9.34. The standard InChI is InChI=1S/C52H47BO2/c1-51(2,3)36-24-25-45-43(31-36)53-42-22-14-15-23-44(42)54-46-29-34(30-47(55-45)50(46)53)33-26-35(28-37(27-33)52(4,5)6)49-40-20-12-10-18-38(40)48(32-16-8-7-9-17-32)39-19-11-13-21-41(39)49/h7-27,29-31,35,40,49H,28H2,1-6H3. The first-order valence-electron chi connectivity index (χ1n) is 20.0. The molecule has 2 heterocycles. The van der Waals surface area contributed by atoms with Gasteiger partial charge in [-0.05, 0) is 103 Å². The van der Waals surface area contributed by atoms with E-state index in [4.69, 9.17) is 9.47 Å². The SMILES string of the molecule is CC(C)(C)C1=CC(c2cc3c4c(c2)Oc2ccc(C(C)(C)C)cc2B4c2ccccc2O3)=CC(C2c3ccccc3C(c3ccccc3)=C3C=CC=CC32)C1. The number of benzene rings is 5. The maximum atomic E-state index is 6.90. The van der Waals surface area contributed by atoms with Gasteiger partial charge in [-0.3, -0.25) is 0 Å². The lowest BCUT2D eigenvalue weighted by molar-refractivity contribution is 0.389. The van der Waals surface area contributed by atoms with Crippen LogP contribution in [0.15, 0.2) is 157 Å². The molecule has 5 aromatic carbocycles. The monoisotopic (exact) mass is 714 g/mol. The Hall–Kier alpha value is -5.54. The van der Waals surface area contributed by atoms with Gasteiger partial charge in [-0.1, -0.05) is 169 Å². The molecule has 3 aliphatic carbocycles. The molecular weight excluding hydrogens is 667 g/mol. The van der Waals surface area contributed by atoms with Crippen molar-refractivity contribution in [2.24, 2.45) is 17.3 Å². The first-order chi connectivity index (χ1) is 26.5. The predicted molar refractivity (Wildman–Crippen MR) is 230 cm³/mol. The van der Waals surface area contributed by atoms with Crippen LogP contribution in [0, 0.1) is 17.3 Å². The van der Waals surface area contributed by atoms with Gasteiger partial charge in [-0.2, -0.15) is 0 Å². The van der Waals surface area contributed by atoms with Gasteiger partial charge in [0.2, 0.25) is 0 Å². The molecule has 0 radical (unpaired) electrons. The molecule has 0 aromatic heterocycles. The van der Waals surface area contributed by atoms with Gasteiger partial charge in [-0.25, -0.2) is 0 Å². The molecule has 2 nitrogen and oxygen atoms in total. The molecule has 2 aliphatic heterocycles. The molecule has 0 bridgehead atoms. The molecule has 5 aliphatic rings. The summed E-state index contributed by atoms with van der Waals surface area (Å²) in [5.41, 5.74) is 15.5. The van der Waals surface area contributed by atoms with Gasteiger partial charge in [0.25, 0.3) is 6.71 Å². The first-order valence-corrected chi connectivity index (χ1v) is 20.0. The van der Waals surface area contributed by atoms with E-state index in [1.54, 1.807) is 0 Å². The lowest BCUT2D eigenvalue weighted by Gasteiger charge is -2.42. The number of hydrogen-bond donors (Lipinski definition) is 0. The van der Waals surface area contributed by atoms with Gasteiger partial charge >= 0.3 is 0 Å². The van der Waals surface area contributed by atoms with E-state index in [1.807, 2.05) is 0 Å². The Balaban J connectivity index is 1.13. The average molecular weight is 715 g/mol. The van der Waals surface area contributed by atoms with Crippen molar-refractivity contribution >= 4 is 34.2 Å². The normalized spacial score (nSPS) is 20.5. The fraction of sp³-hybridized carbons (Fsp3) is 0.231. The van der Waals surface area contributed by atoms with Crippen LogP contribution >= 0.6 is 0 Å². The molecule has 3 atom stereocenters. The van der Waals surface area contributed by atoms with Crippen LogP contribution in [-0.4, -0.2) is 6.71 Å². The van der Waals surface area contributed by atoms with Crippen LogP contribution in [0.3, 0.4) is 0 Å². The minimum Gasteiger partial charge on any atom is -0.458 e. The third-order valence-electron chi connectivity index (χ3n) is 12.6. The molecule has 0 saturated carbocycles. The fourth-order valence-electron chi connectivity index (χ4n) is 9.76. The van der Waals surface area contributed by atoms with E-state index >= 15 is 0 Å². The Kier molecular flexibility index (Phi) is 7.72. The molecule has 3 heteroatoms. The second-order valence-electron chi connectivity index (χ2n) is 18.1. The third-order valence-corrected chi connectivity index (χ3v) is 12.6. The Morgan fingerprint density at radius 2 is 1.35 bits per heavy atom. The van der Waals surface area contributed by atoms with Gasteiger partial charge < -0.3 is 9.47 Å². The molecule has 55 heavy (non-hydrogen) atoms. The van der Waals surface area contributed by atoms with Gasteiger partial charge in [0, 0.05) is 17.3 Å². The quantitative estimate of drug-likeness (QED) is 0.170. The molecule has 0 fully saturated rings. The number of allylic oxidation sites excluding steroid dienone is 9.